The minimum absolute atomic E-state index is 0.0679. The lowest BCUT2D eigenvalue weighted by atomic mass is 10.0. The number of fused-ring (bicyclic) bond motifs is 1. The van der Waals surface area contributed by atoms with Crippen molar-refractivity contribution in [1.82, 2.24) is 4.90 Å². The van der Waals surface area contributed by atoms with Crippen LogP contribution in [0.5, 0.6) is 5.75 Å². The van der Waals surface area contributed by atoms with Crippen molar-refractivity contribution in [2.24, 2.45) is 0 Å². The van der Waals surface area contributed by atoms with Crippen molar-refractivity contribution in [3.63, 3.8) is 0 Å². The van der Waals surface area contributed by atoms with Gasteiger partial charge in [-0.1, -0.05) is 37.3 Å². The lowest BCUT2D eigenvalue weighted by molar-refractivity contribution is -0.0509. The van der Waals surface area contributed by atoms with Gasteiger partial charge in [0.15, 0.2) is 0 Å². The van der Waals surface area contributed by atoms with Crippen molar-refractivity contribution >= 4 is 11.6 Å². The van der Waals surface area contributed by atoms with E-state index in [9.17, 15) is 13.6 Å². The van der Waals surface area contributed by atoms with E-state index in [4.69, 9.17) is 0 Å². The molecule has 1 aliphatic rings. The molecule has 2 aromatic rings. The molecule has 0 spiro atoms. The molecule has 1 amide bonds. The largest absolute Gasteiger partial charge is 0.434 e. The van der Waals surface area contributed by atoms with E-state index in [1.54, 1.807) is 41.3 Å². The van der Waals surface area contributed by atoms with E-state index in [2.05, 4.69) is 10.1 Å². The van der Waals surface area contributed by atoms with E-state index in [0.717, 1.165) is 6.42 Å². The molecule has 3 rings (SSSR count). The van der Waals surface area contributed by atoms with Gasteiger partial charge < -0.3 is 15.0 Å². The standard InChI is InChI=1S/C18H18F2N2O2/c1-2-11-22-16(13-8-4-6-10-15(13)24-18(19)20)21-14-9-5-3-7-12(14)17(22)23/h3-10,16,18,21H,2,11H2,1H3/t16-/m1/s1. The monoisotopic (exact) mass is 332 g/mol. The predicted molar refractivity (Wildman–Crippen MR) is 87.2 cm³/mol. The fraction of sp³-hybridized carbons (Fsp3) is 0.278. The zero-order chi connectivity index (χ0) is 17.1. The summed E-state index contributed by atoms with van der Waals surface area (Å²) in [6.45, 7) is -0.447. The van der Waals surface area contributed by atoms with Crippen LogP contribution in [-0.4, -0.2) is 24.0 Å². The van der Waals surface area contributed by atoms with Crippen LogP contribution in [0.25, 0.3) is 0 Å². The van der Waals surface area contributed by atoms with Crippen LogP contribution in [0.4, 0.5) is 14.5 Å². The Morgan fingerprint density at radius 2 is 1.88 bits per heavy atom. The second-order valence-corrected chi connectivity index (χ2v) is 5.51. The predicted octanol–water partition coefficient (Wildman–Crippen LogP) is 4.26. The second-order valence-electron chi connectivity index (χ2n) is 5.51. The number of para-hydroxylation sites is 2. The lowest BCUT2D eigenvalue weighted by Gasteiger charge is -2.38. The summed E-state index contributed by atoms with van der Waals surface area (Å²) in [7, 11) is 0. The highest BCUT2D eigenvalue weighted by molar-refractivity contribution is 6.01. The molecule has 1 atom stereocenters. The second kappa shape index (κ2) is 6.86. The molecule has 0 saturated carbocycles. The molecule has 0 radical (unpaired) electrons. The molecular weight excluding hydrogens is 314 g/mol. The number of carbonyl (C=O) groups excluding carboxylic acids is 1. The highest BCUT2D eigenvalue weighted by atomic mass is 19.3. The van der Waals surface area contributed by atoms with Gasteiger partial charge in [0.25, 0.3) is 5.91 Å². The van der Waals surface area contributed by atoms with Gasteiger partial charge in [0.05, 0.1) is 5.56 Å². The van der Waals surface area contributed by atoms with Crippen LogP contribution in [0.1, 0.15) is 35.4 Å². The summed E-state index contributed by atoms with van der Waals surface area (Å²) in [6.07, 6.45) is 0.201. The van der Waals surface area contributed by atoms with Crippen LogP contribution >= 0.6 is 0 Å². The first-order valence-electron chi connectivity index (χ1n) is 7.82. The van der Waals surface area contributed by atoms with Crippen LogP contribution in [-0.2, 0) is 0 Å². The molecular formula is C18H18F2N2O2. The maximum Gasteiger partial charge on any atom is 0.387 e. The number of benzene rings is 2. The molecule has 24 heavy (non-hydrogen) atoms. The van der Waals surface area contributed by atoms with Crippen molar-refractivity contribution < 1.29 is 18.3 Å². The van der Waals surface area contributed by atoms with Gasteiger partial charge in [0.2, 0.25) is 0 Å². The number of rotatable bonds is 5. The molecule has 0 aromatic heterocycles. The van der Waals surface area contributed by atoms with Crippen LogP contribution in [0.3, 0.4) is 0 Å². The SMILES string of the molecule is CCCN1C(=O)c2ccccc2N[C@H]1c1ccccc1OC(F)F. The van der Waals surface area contributed by atoms with Crippen LogP contribution in [0.15, 0.2) is 48.5 Å². The smallest absolute Gasteiger partial charge is 0.387 e. The highest BCUT2D eigenvalue weighted by Crippen LogP contribution is 2.37. The molecule has 0 bridgehead atoms. The van der Waals surface area contributed by atoms with E-state index >= 15 is 0 Å². The molecule has 1 heterocycles. The van der Waals surface area contributed by atoms with Crippen molar-refractivity contribution in [3.8, 4) is 5.75 Å². The van der Waals surface area contributed by atoms with Gasteiger partial charge in [0.1, 0.15) is 11.9 Å². The number of ether oxygens (including phenoxy) is 1. The van der Waals surface area contributed by atoms with Crippen molar-refractivity contribution in [2.45, 2.75) is 26.1 Å². The number of amides is 1. The Kier molecular flexibility index (Phi) is 4.64. The molecule has 1 N–H and O–H groups in total. The maximum absolute atomic E-state index is 12.8. The van der Waals surface area contributed by atoms with Crippen LogP contribution in [0, 0.1) is 0 Å². The normalized spacial score (nSPS) is 16.8. The van der Waals surface area contributed by atoms with E-state index in [0.29, 0.717) is 23.4 Å². The number of carbonyl (C=O) groups is 1. The van der Waals surface area contributed by atoms with Gasteiger partial charge in [-0.3, -0.25) is 4.79 Å². The Labute approximate surface area is 139 Å². The summed E-state index contributed by atoms with van der Waals surface area (Å²) < 4.78 is 30.0. The quantitative estimate of drug-likeness (QED) is 0.889. The fourth-order valence-corrected chi connectivity index (χ4v) is 2.92. The number of alkyl halides is 2. The minimum atomic E-state index is -2.92. The summed E-state index contributed by atoms with van der Waals surface area (Å²) >= 11 is 0. The zero-order valence-electron chi connectivity index (χ0n) is 13.2. The first-order valence-corrected chi connectivity index (χ1v) is 7.82. The molecule has 0 saturated heterocycles. The molecule has 2 aromatic carbocycles. The van der Waals surface area contributed by atoms with E-state index < -0.39 is 12.8 Å². The van der Waals surface area contributed by atoms with E-state index in [1.165, 1.54) is 6.07 Å². The third-order valence-corrected chi connectivity index (χ3v) is 3.92. The number of hydrogen-bond acceptors (Lipinski definition) is 3. The molecule has 126 valence electrons. The van der Waals surface area contributed by atoms with E-state index in [1.807, 2.05) is 13.0 Å². The Hall–Kier alpha value is -2.63. The number of nitrogens with zero attached hydrogens (tertiary/aromatic N) is 1. The van der Waals surface area contributed by atoms with Crippen LogP contribution < -0.4 is 10.1 Å². The summed E-state index contributed by atoms with van der Waals surface area (Å²) in [5.74, 6) is -0.0543. The van der Waals surface area contributed by atoms with Gasteiger partial charge >= 0.3 is 6.61 Å². The van der Waals surface area contributed by atoms with Crippen molar-refractivity contribution in [2.75, 3.05) is 11.9 Å². The third kappa shape index (κ3) is 3.04. The molecule has 0 aliphatic carbocycles. The Morgan fingerprint density at radius 3 is 2.62 bits per heavy atom. The first kappa shape index (κ1) is 16.2. The zero-order valence-corrected chi connectivity index (χ0v) is 13.2. The van der Waals surface area contributed by atoms with Gasteiger partial charge in [-0.25, -0.2) is 0 Å². The fourth-order valence-electron chi connectivity index (χ4n) is 2.92. The van der Waals surface area contributed by atoms with E-state index in [-0.39, 0.29) is 11.7 Å². The van der Waals surface area contributed by atoms with Crippen molar-refractivity contribution in [3.05, 3.63) is 59.7 Å². The molecule has 0 unspecified atom stereocenters. The summed E-state index contributed by atoms with van der Waals surface area (Å²) in [4.78, 5) is 14.5. The van der Waals surface area contributed by atoms with Gasteiger partial charge in [-0.2, -0.15) is 8.78 Å². The summed E-state index contributed by atoms with van der Waals surface area (Å²) in [6, 6.07) is 13.7. The van der Waals surface area contributed by atoms with Crippen LogP contribution in [0.2, 0.25) is 0 Å². The number of hydrogen-bond donors (Lipinski definition) is 1. The number of halogens is 2. The minimum Gasteiger partial charge on any atom is -0.434 e. The summed E-state index contributed by atoms with van der Waals surface area (Å²) in [5.41, 5.74) is 1.77. The van der Waals surface area contributed by atoms with Gasteiger partial charge in [0, 0.05) is 17.8 Å². The first-order chi connectivity index (χ1) is 11.6. The number of nitrogens with one attached hydrogen (secondary N) is 1. The Morgan fingerprint density at radius 1 is 1.17 bits per heavy atom. The highest BCUT2D eigenvalue weighted by Gasteiger charge is 2.33. The average Bonchev–Trinajstić information content (AvgIpc) is 2.57. The Balaban J connectivity index is 2.04. The average molecular weight is 332 g/mol. The third-order valence-electron chi connectivity index (χ3n) is 3.92. The number of anilines is 1. The molecule has 4 nitrogen and oxygen atoms in total. The van der Waals surface area contributed by atoms with Gasteiger partial charge in [-0.15, -0.1) is 0 Å². The van der Waals surface area contributed by atoms with Crippen molar-refractivity contribution in [1.29, 1.82) is 0 Å². The lowest BCUT2D eigenvalue weighted by Crippen LogP contribution is -2.43. The topological polar surface area (TPSA) is 41.6 Å². The van der Waals surface area contributed by atoms with Gasteiger partial charge in [-0.05, 0) is 24.6 Å². The molecule has 6 heteroatoms. The summed E-state index contributed by atoms with van der Waals surface area (Å²) in [5, 5.41) is 3.27. The Bertz CT molecular complexity index is 736. The molecule has 0 fully saturated rings. The molecule has 1 aliphatic heterocycles. The maximum atomic E-state index is 12.8.